The molecule has 0 aliphatic heterocycles. The van der Waals surface area contributed by atoms with Crippen molar-refractivity contribution >= 4 is 0 Å². The number of rotatable bonds is 8. The van der Waals surface area contributed by atoms with Gasteiger partial charge < -0.3 is 10.1 Å². The first-order valence-electron chi connectivity index (χ1n) is 7.07. The number of hydrogen-bond acceptors (Lipinski definition) is 2. The van der Waals surface area contributed by atoms with Crippen LogP contribution in [0.1, 0.15) is 49.4 Å². The molecule has 0 saturated carbocycles. The van der Waals surface area contributed by atoms with Crippen LogP contribution in [0.3, 0.4) is 0 Å². The number of aryl methyl sites for hydroxylation is 1. The minimum absolute atomic E-state index is 0.316. The van der Waals surface area contributed by atoms with Gasteiger partial charge in [-0.3, -0.25) is 0 Å². The predicted octanol–water partition coefficient (Wildman–Crippen LogP) is 3.77. The maximum atomic E-state index is 5.73. The average Bonchev–Trinajstić information content (AvgIpc) is 2.37. The van der Waals surface area contributed by atoms with E-state index in [1.54, 1.807) is 0 Å². The topological polar surface area (TPSA) is 21.3 Å². The molecular formula is C16H27NO. The molecule has 0 aliphatic carbocycles. The summed E-state index contributed by atoms with van der Waals surface area (Å²) in [4.78, 5) is 0. The molecule has 0 fully saturated rings. The van der Waals surface area contributed by atoms with Gasteiger partial charge in [0.1, 0.15) is 0 Å². The second-order valence-electron chi connectivity index (χ2n) is 4.87. The molecule has 1 aromatic rings. The molecule has 2 heteroatoms. The number of hydrogen-bond donors (Lipinski definition) is 1. The number of nitrogens with one attached hydrogen (secondary N) is 1. The van der Waals surface area contributed by atoms with Crippen molar-refractivity contribution in [3.8, 4) is 0 Å². The lowest BCUT2D eigenvalue weighted by atomic mass is 9.98. The Kier molecular flexibility index (Phi) is 6.99. The summed E-state index contributed by atoms with van der Waals surface area (Å²) in [6, 6.07) is 6.84. The Labute approximate surface area is 112 Å². The monoisotopic (exact) mass is 249 g/mol. The Hall–Kier alpha value is -0.860. The van der Waals surface area contributed by atoms with E-state index in [1.807, 2.05) is 0 Å². The van der Waals surface area contributed by atoms with E-state index in [-0.39, 0.29) is 0 Å². The van der Waals surface area contributed by atoms with Crippen molar-refractivity contribution in [3.63, 3.8) is 0 Å². The normalized spacial score (nSPS) is 12.7. The standard InChI is InChI=1S/C16H27NO/c1-5-10-17-16(12-18-11-6-2)15-9-7-8-13(3)14(15)4/h7-9,16-17H,5-6,10-12H2,1-4H3. The van der Waals surface area contributed by atoms with Gasteiger partial charge in [0.15, 0.2) is 0 Å². The molecule has 0 radical (unpaired) electrons. The molecule has 0 spiro atoms. The molecule has 1 N–H and O–H groups in total. The van der Waals surface area contributed by atoms with Gasteiger partial charge in [0.05, 0.1) is 12.6 Å². The fourth-order valence-electron chi connectivity index (χ4n) is 2.07. The van der Waals surface area contributed by atoms with Crippen molar-refractivity contribution in [3.05, 3.63) is 34.9 Å². The van der Waals surface area contributed by atoms with Crippen LogP contribution >= 0.6 is 0 Å². The molecule has 1 aromatic carbocycles. The third-order valence-corrected chi connectivity index (χ3v) is 3.30. The van der Waals surface area contributed by atoms with Gasteiger partial charge in [0, 0.05) is 6.61 Å². The maximum absolute atomic E-state index is 5.73. The molecule has 18 heavy (non-hydrogen) atoms. The van der Waals surface area contributed by atoms with E-state index in [1.165, 1.54) is 16.7 Å². The first-order valence-corrected chi connectivity index (χ1v) is 7.07. The lowest BCUT2D eigenvalue weighted by Crippen LogP contribution is -2.27. The summed E-state index contributed by atoms with van der Waals surface area (Å²) in [5.41, 5.74) is 4.11. The van der Waals surface area contributed by atoms with Gasteiger partial charge in [-0.05, 0) is 49.9 Å². The third kappa shape index (κ3) is 4.43. The van der Waals surface area contributed by atoms with Crippen LogP contribution in [-0.2, 0) is 4.74 Å². The highest BCUT2D eigenvalue weighted by Crippen LogP contribution is 2.21. The summed E-state index contributed by atoms with van der Waals surface area (Å²) < 4.78 is 5.73. The number of ether oxygens (including phenoxy) is 1. The van der Waals surface area contributed by atoms with Crippen LogP contribution in [0.4, 0.5) is 0 Å². The molecule has 0 heterocycles. The van der Waals surface area contributed by atoms with E-state index in [2.05, 4.69) is 51.2 Å². The Morgan fingerprint density at radius 2 is 1.94 bits per heavy atom. The summed E-state index contributed by atoms with van der Waals surface area (Å²) >= 11 is 0. The summed E-state index contributed by atoms with van der Waals surface area (Å²) in [5, 5.41) is 3.59. The predicted molar refractivity (Wildman–Crippen MR) is 78.1 cm³/mol. The molecule has 1 rings (SSSR count). The van der Waals surface area contributed by atoms with Crippen molar-refractivity contribution in [1.82, 2.24) is 5.32 Å². The van der Waals surface area contributed by atoms with Crippen LogP contribution in [0.15, 0.2) is 18.2 Å². The van der Waals surface area contributed by atoms with Crippen LogP contribution in [0.5, 0.6) is 0 Å². The lowest BCUT2D eigenvalue weighted by Gasteiger charge is -2.21. The van der Waals surface area contributed by atoms with Crippen LogP contribution in [0.25, 0.3) is 0 Å². The number of benzene rings is 1. The second kappa shape index (κ2) is 8.28. The van der Waals surface area contributed by atoms with Gasteiger partial charge >= 0.3 is 0 Å². The van der Waals surface area contributed by atoms with E-state index in [0.717, 1.165) is 32.6 Å². The molecule has 0 aromatic heterocycles. The van der Waals surface area contributed by atoms with E-state index in [4.69, 9.17) is 4.74 Å². The zero-order valence-corrected chi connectivity index (χ0v) is 12.3. The van der Waals surface area contributed by atoms with Gasteiger partial charge in [-0.1, -0.05) is 32.0 Å². The van der Waals surface area contributed by atoms with Gasteiger partial charge in [-0.25, -0.2) is 0 Å². The summed E-state index contributed by atoms with van der Waals surface area (Å²) in [5.74, 6) is 0. The molecule has 0 saturated heterocycles. The van der Waals surface area contributed by atoms with E-state index in [9.17, 15) is 0 Å². The van der Waals surface area contributed by atoms with Gasteiger partial charge in [-0.15, -0.1) is 0 Å². The lowest BCUT2D eigenvalue weighted by molar-refractivity contribution is 0.112. The van der Waals surface area contributed by atoms with Crippen molar-refractivity contribution in [1.29, 1.82) is 0 Å². The Balaban J connectivity index is 2.76. The van der Waals surface area contributed by atoms with Crippen molar-refractivity contribution in [2.75, 3.05) is 19.8 Å². The molecule has 0 amide bonds. The fraction of sp³-hybridized carbons (Fsp3) is 0.625. The van der Waals surface area contributed by atoms with Crippen LogP contribution < -0.4 is 5.32 Å². The van der Waals surface area contributed by atoms with Gasteiger partial charge in [-0.2, -0.15) is 0 Å². The SMILES string of the molecule is CCCNC(COCCC)c1cccc(C)c1C. The minimum atomic E-state index is 0.316. The Bertz CT molecular complexity index is 349. The third-order valence-electron chi connectivity index (χ3n) is 3.30. The first kappa shape index (κ1) is 15.2. The molecule has 0 aliphatic rings. The largest absolute Gasteiger partial charge is 0.379 e. The molecule has 1 atom stereocenters. The van der Waals surface area contributed by atoms with Crippen molar-refractivity contribution in [2.45, 2.75) is 46.6 Å². The van der Waals surface area contributed by atoms with E-state index >= 15 is 0 Å². The van der Waals surface area contributed by atoms with E-state index in [0.29, 0.717) is 6.04 Å². The summed E-state index contributed by atoms with van der Waals surface area (Å²) in [6.07, 6.45) is 2.22. The maximum Gasteiger partial charge on any atom is 0.0661 e. The Morgan fingerprint density at radius 3 is 2.61 bits per heavy atom. The van der Waals surface area contributed by atoms with Crippen molar-refractivity contribution < 1.29 is 4.74 Å². The first-order chi connectivity index (χ1) is 8.70. The van der Waals surface area contributed by atoms with Crippen molar-refractivity contribution in [2.24, 2.45) is 0 Å². The Morgan fingerprint density at radius 1 is 1.17 bits per heavy atom. The molecule has 102 valence electrons. The molecule has 2 nitrogen and oxygen atoms in total. The van der Waals surface area contributed by atoms with Crippen LogP contribution in [0.2, 0.25) is 0 Å². The zero-order chi connectivity index (χ0) is 13.4. The fourth-order valence-corrected chi connectivity index (χ4v) is 2.07. The van der Waals surface area contributed by atoms with Crippen LogP contribution in [-0.4, -0.2) is 19.8 Å². The average molecular weight is 249 g/mol. The smallest absolute Gasteiger partial charge is 0.0661 e. The summed E-state index contributed by atoms with van der Waals surface area (Å²) in [7, 11) is 0. The highest BCUT2D eigenvalue weighted by molar-refractivity contribution is 5.35. The van der Waals surface area contributed by atoms with Gasteiger partial charge in [0.25, 0.3) is 0 Å². The quantitative estimate of drug-likeness (QED) is 0.708. The molecule has 1 unspecified atom stereocenters. The van der Waals surface area contributed by atoms with Crippen LogP contribution in [0, 0.1) is 13.8 Å². The summed E-state index contributed by atoms with van der Waals surface area (Å²) in [6.45, 7) is 11.3. The molecular weight excluding hydrogens is 222 g/mol. The second-order valence-corrected chi connectivity index (χ2v) is 4.87. The zero-order valence-electron chi connectivity index (χ0n) is 12.3. The molecule has 0 bridgehead atoms. The minimum Gasteiger partial charge on any atom is -0.379 e. The van der Waals surface area contributed by atoms with Gasteiger partial charge in [0.2, 0.25) is 0 Å². The van der Waals surface area contributed by atoms with E-state index < -0.39 is 0 Å². The highest BCUT2D eigenvalue weighted by atomic mass is 16.5. The highest BCUT2D eigenvalue weighted by Gasteiger charge is 2.13.